The summed E-state index contributed by atoms with van der Waals surface area (Å²) in [6, 6.07) is 1.89. The SMILES string of the molecule is Cn1ccc(C(=O)NC2CCN(c3ncc(Br)cn3)CC2)n1. The first kappa shape index (κ1) is 15.0. The van der Waals surface area contributed by atoms with Gasteiger partial charge in [0.25, 0.3) is 5.91 Å². The van der Waals surface area contributed by atoms with Crippen molar-refractivity contribution in [2.75, 3.05) is 18.0 Å². The first-order valence-corrected chi connectivity index (χ1v) is 7.94. The number of nitrogens with zero attached hydrogens (tertiary/aromatic N) is 5. The lowest BCUT2D eigenvalue weighted by molar-refractivity contribution is 0.0925. The van der Waals surface area contributed by atoms with Crippen LogP contribution in [-0.2, 0) is 7.05 Å². The largest absolute Gasteiger partial charge is 0.348 e. The second-order valence-electron chi connectivity index (χ2n) is 5.31. The molecule has 22 heavy (non-hydrogen) atoms. The lowest BCUT2D eigenvalue weighted by Crippen LogP contribution is -2.45. The van der Waals surface area contributed by atoms with Crippen molar-refractivity contribution >= 4 is 27.8 Å². The molecule has 1 saturated heterocycles. The Morgan fingerprint density at radius 3 is 2.59 bits per heavy atom. The summed E-state index contributed by atoms with van der Waals surface area (Å²) in [4.78, 5) is 22.8. The molecule has 0 saturated carbocycles. The van der Waals surface area contributed by atoms with Crippen molar-refractivity contribution in [3.05, 3.63) is 34.8 Å². The van der Waals surface area contributed by atoms with Crippen molar-refractivity contribution in [2.45, 2.75) is 18.9 Å². The van der Waals surface area contributed by atoms with E-state index in [2.05, 4.69) is 41.2 Å². The lowest BCUT2D eigenvalue weighted by Gasteiger charge is -2.32. The van der Waals surface area contributed by atoms with E-state index in [9.17, 15) is 4.79 Å². The zero-order valence-corrected chi connectivity index (χ0v) is 13.8. The number of amides is 1. The molecule has 3 rings (SSSR count). The van der Waals surface area contributed by atoms with Crippen molar-refractivity contribution in [1.29, 1.82) is 0 Å². The highest BCUT2D eigenvalue weighted by Crippen LogP contribution is 2.17. The molecule has 0 bridgehead atoms. The first-order chi connectivity index (χ1) is 10.6. The summed E-state index contributed by atoms with van der Waals surface area (Å²) in [5, 5.41) is 7.16. The zero-order valence-electron chi connectivity index (χ0n) is 12.2. The van der Waals surface area contributed by atoms with Gasteiger partial charge in [-0.1, -0.05) is 0 Å². The number of rotatable bonds is 3. The van der Waals surface area contributed by atoms with E-state index in [4.69, 9.17) is 0 Å². The second kappa shape index (κ2) is 6.43. The van der Waals surface area contributed by atoms with Crippen LogP contribution in [0.15, 0.2) is 29.1 Å². The van der Waals surface area contributed by atoms with Gasteiger partial charge in [-0.05, 0) is 34.8 Å². The monoisotopic (exact) mass is 364 g/mol. The number of piperidine rings is 1. The van der Waals surface area contributed by atoms with Gasteiger partial charge in [0.05, 0.1) is 4.47 Å². The van der Waals surface area contributed by atoms with Crippen LogP contribution in [0.4, 0.5) is 5.95 Å². The summed E-state index contributed by atoms with van der Waals surface area (Å²) in [7, 11) is 1.80. The summed E-state index contributed by atoms with van der Waals surface area (Å²) in [6.07, 6.45) is 7.01. The summed E-state index contributed by atoms with van der Waals surface area (Å²) in [5.41, 5.74) is 0.459. The highest BCUT2D eigenvalue weighted by atomic mass is 79.9. The van der Waals surface area contributed by atoms with Crippen molar-refractivity contribution in [1.82, 2.24) is 25.1 Å². The number of aryl methyl sites for hydroxylation is 1. The summed E-state index contributed by atoms with van der Waals surface area (Å²) >= 11 is 3.33. The molecule has 1 amide bonds. The van der Waals surface area contributed by atoms with E-state index in [1.807, 2.05) is 0 Å². The highest BCUT2D eigenvalue weighted by Gasteiger charge is 2.23. The van der Waals surface area contributed by atoms with Crippen LogP contribution in [0.2, 0.25) is 0 Å². The van der Waals surface area contributed by atoms with Crippen molar-refractivity contribution in [2.24, 2.45) is 7.05 Å². The fourth-order valence-corrected chi connectivity index (χ4v) is 2.69. The maximum absolute atomic E-state index is 12.1. The fourth-order valence-electron chi connectivity index (χ4n) is 2.49. The van der Waals surface area contributed by atoms with Crippen molar-refractivity contribution in [3.8, 4) is 0 Å². The first-order valence-electron chi connectivity index (χ1n) is 7.15. The van der Waals surface area contributed by atoms with Gasteiger partial charge in [-0.15, -0.1) is 0 Å². The van der Waals surface area contributed by atoms with Crippen LogP contribution in [0, 0.1) is 0 Å². The molecule has 1 fully saturated rings. The molecule has 0 unspecified atom stereocenters. The quantitative estimate of drug-likeness (QED) is 0.889. The minimum atomic E-state index is -0.112. The molecule has 1 aliphatic heterocycles. The molecule has 8 heteroatoms. The Labute approximate surface area is 136 Å². The van der Waals surface area contributed by atoms with Gasteiger partial charge in [0.1, 0.15) is 5.69 Å². The molecule has 0 aliphatic carbocycles. The number of carbonyl (C=O) groups excluding carboxylic acids is 1. The van der Waals surface area contributed by atoms with Gasteiger partial charge in [-0.3, -0.25) is 9.48 Å². The van der Waals surface area contributed by atoms with E-state index in [-0.39, 0.29) is 11.9 Å². The summed E-state index contributed by atoms with van der Waals surface area (Å²) in [6.45, 7) is 1.66. The molecule has 0 spiro atoms. The molecule has 0 radical (unpaired) electrons. The van der Waals surface area contributed by atoms with Crippen LogP contribution in [-0.4, -0.2) is 44.8 Å². The molecule has 2 aromatic rings. The minimum Gasteiger partial charge on any atom is -0.348 e. The van der Waals surface area contributed by atoms with Crippen LogP contribution < -0.4 is 10.2 Å². The van der Waals surface area contributed by atoms with E-state index in [1.54, 1.807) is 36.4 Å². The van der Waals surface area contributed by atoms with Crippen LogP contribution in [0.5, 0.6) is 0 Å². The molecule has 2 aromatic heterocycles. The Morgan fingerprint density at radius 2 is 2.00 bits per heavy atom. The van der Waals surface area contributed by atoms with Crippen molar-refractivity contribution < 1.29 is 4.79 Å². The van der Waals surface area contributed by atoms with Gasteiger partial charge in [-0.25, -0.2) is 9.97 Å². The molecule has 0 atom stereocenters. The van der Waals surface area contributed by atoms with Crippen LogP contribution in [0.25, 0.3) is 0 Å². The maximum Gasteiger partial charge on any atom is 0.271 e. The normalized spacial score (nSPS) is 15.8. The minimum absolute atomic E-state index is 0.112. The predicted molar refractivity (Wildman–Crippen MR) is 85.6 cm³/mol. The number of aromatic nitrogens is 4. The fraction of sp³-hybridized carbons (Fsp3) is 0.429. The lowest BCUT2D eigenvalue weighted by atomic mass is 10.1. The Bertz CT molecular complexity index is 648. The third-order valence-corrected chi connectivity index (χ3v) is 4.08. The third-order valence-electron chi connectivity index (χ3n) is 3.67. The van der Waals surface area contributed by atoms with Gasteiger partial charge in [0.15, 0.2) is 0 Å². The van der Waals surface area contributed by atoms with Gasteiger partial charge in [-0.2, -0.15) is 5.10 Å². The maximum atomic E-state index is 12.1. The Kier molecular flexibility index (Phi) is 4.37. The Morgan fingerprint density at radius 1 is 1.32 bits per heavy atom. The summed E-state index contributed by atoms with van der Waals surface area (Å²) < 4.78 is 2.50. The molecule has 116 valence electrons. The number of anilines is 1. The Balaban J connectivity index is 1.53. The molecule has 1 aliphatic rings. The molecule has 0 aromatic carbocycles. The van der Waals surface area contributed by atoms with Crippen molar-refractivity contribution in [3.63, 3.8) is 0 Å². The summed E-state index contributed by atoms with van der Waals surface area (Å²) in [5.74, 6) is 0.622. The molecular formula is C14H17BrN6O. The number of carbonyl (C=O) groups is 1. The van der Waals surface area contributed by atoms with Gasteiger partial charge in [0, 0.05) is 44.8 Å². The topological polar surface area (TPSA) is 75.9 Å². The van der Waals surface area contributed by atoms with E-state index >= 15 is 0 Å². The number of nitrogens with one attached hydrogen (secondary N) is 1. The van der Waals surface area contributed by atoms with E-state index < -0.39 is 0 Å². The van der Waals surface area contributed by atoms with Gasteiger partial charge < -0.3 is 10.2 Å². The highest BCUT2D eigenvalue weighted by molar-refractivity contribution is 9.10. The zero-order chi connectivity index (χ0) is 15.5. The number of hydrogen-bond donors (Lipinski definition) is 1. The van der Waals surface area contributed by atoms with Crippen LogP contribution in [0.3, 0.4) is 0 Å². The Hall–Kier alpha value is -1.96. The average molecular weight is 365 g/mol. The molecule has 3 heterocycles. The molecule has 1 N–H and O–H groups in total. The van der Waals surface area contributed by atoms with E-state index in [0.29, 0.717) is 5.69 Å². The van der Waals surface area contributed by atoms with E-state index in [1.165, 1.54) is 0 Å². The average Bonchev–Trinajstić information content (AvgIpc) is 2.96. The van der Waals surface area contributed by atoms with E-state index in [0.717, 1.165) is 36.4 Å². The number of halogens is 1. The number of hydrogen-bond acceptors (Lipinski definition) is 5. The smallest absolute Gasteiger partial charge is 0.271 e. The van der Waals surface area contributed by atoms with Gasteiger partial charge >= 0.3 is 0 Å². The standard InChI is InChI=1S/C14H17BrN6O/c1-20-5-4-12(19-20)13(22)18-11-2-6-21(7-3-11)14-16-8-10(15)9-17-14/h4-5,8-9,11H,2-3,6-7H2,1H3,(H,18,22). The van der Waals surface area contributed by atoms with Crippen LogP contribution in [0.1, 0.15) is 23.3 Å². The van der Waals surface area contributed by atoms with Gasteiger partial charge in [0.2, 0.25) is 5.95 Å². The predicted octanol–water partition coefficient (Wildman–Crippen LogP) is 1.37. The molecular weight excluding hydrogens is 348 g/mol. The molecule has 7 nitrogen and oxygen atoms in total. The third kappa shape index (κ3) is 3.44. The second-order valence-corrected chi connectivity index (χ2v) is 6.23. The van der Waals surface area contributed by atoms with Crippen LogP contribution >= 0.6 is 15.9 Å².